The predicted molar refractivity (Wildman–Crippen MR) is 146 cm³/mol. The molecule has 35 heavy (non-hydrogen) atoms. The van der Waals surface area contributed by atoms with E-state index in [1.807, 2.05) is 70.8 Å². The van der Waals surface area contributed by atoms with Crippen molar-refractivity contribution in [3.8, 4) is 11.5 Å². The third-order valence-corrected chi connectivity index (χ3v) is 5.82. The molecule has 0 radical (unpaired) electrons. The molecule has 0 fully saturated rings. The third-order valence-electron chi connectivity index (χ3n) is 5.43. The van der Waals surface area contributed by atoms with E-state index in [1.54, 1.807) is 6.08 Å². The van der Waals surface area contributed by atoms with Crippen molar-refractivity contribution in [2.24, 2.45) is 4.99 Å². The number of benzene rings is 2. The number of ether oxygens (including phenoxy) is 1. The van der Waals surface area contributed by atoms with Gasteiger partial charge in [0, 0.05) is 47.6 Å². The molecule has 1 aliphatic rings. The number of nitrogens with two attached hydrogens (primary N) is 1. The quantitative estimate of drug-likeness (QED) is 0.158. The normalized spacial score (nSPS) is 14.7. The van der Waals surface area contributed by atoms with Crippen LogP contribution >= 0.6 is 22.9 Å². The number of hydrogen-bond acceptors (Lipinski definition) is 7. The highest BCUT2D eigenvalue weighted by molar-refractivity contribution is 14.1. The van der Waals surface area contributed by atoms with Crippen LogP contribution in [0.3, 0.4) is 0 Å². The Labute approximate surface area is 218 Å². The highest BCUT2D eigenvalue weighted by Crippen LogP contribution is 2.36. The van der Waals surface area contributed by atoms with Gasteiger partial charge in [-0.2, -0.15) is 0 Å². The number of aromatic nitrogens is 2. The minimum absolute atomic E-state index is 0.0938. The Morgan fingerprint density at radius 1 is 1.14 bits per heavy atom. The fourth-order valence-corrected chi connectivity index (χ4v) is 4.01. The van der Waals surface area contributed by atoms with E-state index in [0.29, 0.717) is 18.9 Å². The fraction of sp³-hybridized carbons (Fsp3) is 0.231. The smallest absolute Gasteiger partial charge is 0.243 e. The average Bonchev–Trinajstić information content (AvgIpc) is 3.23. The molecule has 1 unspecified atom stereocenters. The topological polar surface area (TPSA) is 106 Å². The Balaban J connectivity index is 1.41. The molecule has 1 aliphatic heterocycles. The Hall–Kier alpha value is -3.31. The second-order valence-corrected chi connectivity index (χ2v) is 9.72. The summed E-state index contributed by atoms with van der Waals surface area (Å²) in [6.07, 6.45) is 6.38. The SMILES string of the molecule is CN(I)C/C=C/C(=O)NCCCC1N=C(c2ccc(Oc3ccccc3)cc2)c2c(N)ncnc21. The average molecular weight is 582 g/mol. The molecule has 2 heterocycles. The van der Waals surface area contributed by atoms with Gasteiger partial charge in [0.2, 0.25) is 5.91 Å². The molecule has 3 aromatic rings. The van der Waals surface area contributed by atoms with Crippen molar-refractivity contribution in [2.75, 3.05) is 25.9 Å². The zero-order valence-corrected chi connectivity index (χ0v) is 21.6. The number of carbonyl (C=O) groups excluding carboxylic acids is 1. The molecule has 0 bridgehead atoms. The summed E-state index contributed by atoms with van der Waals surface area (Å²) in [5.74, 6) is 1.84. The minimum Gasteiger partial charge on any atom is -0.457 e. The molecule has 8 nitrogen and oxygen atoms in total. The molecular weight excluding hydrogens is 555 g/mol. The molecule has 4 rings (SSSR count). The van der Waals surface area contributed by atoms with E-state index < -0.39 is 0 Å². The monoisotopic (exact) mass is 582 g/mol. The van der Waals surface area contributed by atoms with Gasteiger partial charge in [-0.3, -0.25) is 9.79 Å². The van der Waals surface area contributed by atoms with Crippen molar-refractivity contribution >= 4 is 40.3 Å². The van der Waals surface area contributed by atoms with Crippen molar-refractivity contribution < 1.29 is 9.53 Å². The standard InChI is InChI=1S/C26H27IN6O2/c1-33(27)16-6-10-22(34)29-15-5-9-21-25-23(26(28)31-17-30-25)24(32-21)18-11-13-20(14-12-18)35-19-7-3-2-4-8-19/h2-4,6-8,10-14,17,21H,5,9,15-16H2,1H3,(H,29,34)(H2,28,30,31)/b10-6+. The van der Waals surface area contributed by atoms with Gasteiger partial charge < -0.3 is 15.8 Å². The summed E-state index contributed by atoms with van der Waals surface area (Å²) in [7, 11) is 1.94. The van der Waals surface area contributed by atoms with Gasteiger partial charge in [0.15, 0.2) is 0 Å². The number of nitrogens with zero attached hydrogens (tertiary/aromatic N) is 4. The summed E-state index contributed by atoms with van der Waals surface area (Å²) in [4.78, 5) is 25.6. The number of amides is 1. The largest absolute Gasteiger partial charge is 0.457 e. The summed E-state index contributed by atoms with van der Waals surface area (Å²) < 4.78 is 7.86. The molecule has 0 aliphatic carbocycles. The van der Waals surface area contributed by atoms with E-state index in [0.717, 1.165) is 46.9 Å². The van der Waals surface area contributed by atoms with E-state index in [9.17, 15) is 4.79 Å². The van der Waals surface area contributed by atoms with Crippen LogP contribution in [0.15, 0.2) is 78.1 Å². The summed E-state index contributed by atoms with van der Waals surface area (Å²) >= 11 is 2.17. The maximum Gasteiger partial charge on any atom is 0.243 e. The van der Waals surface area contributed by atoms with Crippen LogP contribution in [-0.4, -0.2) is 44.8 Å². The van der Waals surface area contributed by atoms with Gasteiger partial charge in [-0.25, -0.2) is 13.1 Å². The first-order chi connectivity index (χ1) is 17.0. The highest BCUT2D eigenvalue weighted by atomic mass is 127. The number of anilines is 1. The number of nitrogens with one attached hydrogen (secondary N) is 1. The summed E-state index contributed by atoms with van der Waals surface area (Å²) in [6.45, 7) is 1.27. The Kier molecular flexibility index (Phi) is 8.43. The molecule has 0 saturated heterocycles. The Morgan fingerprint density at radius 3 is 2.63 bits per heavy atom. The summed E-state index contributed by atoms with van der Waals surface area (Å²) in [5.41, 5.74) is 9.55. The molecule has 180 valence electrons. The lowest BCUT2D eigenvalue weighted by molar-refractivity contribution is -0.116. The van der Waals surface area contributed by atoms with Crippen molar-refractivity contribution in [2.45, 2.75) is 18.9 Å². The lowest BCUT2D eigenvalue weighted by atomic mass is 10.0. The summed E-state index contributed by atoms with van der Waals surface area (Å²) in [6, 6.07) is 17.3. The molecule has 0 spiro atoms. The lowest BCUT2D eigenvalue weighted by Crippen LogP contribution is -2.22. The number of aliphatic imine (C=N–C) groups is 1. The molecule has 2 aromatic carbocycles. The van der Waals surface area contributed by atoms with Crippen LogP contribution in [0.4, 0.5) is 5.82 Å². The van der Waals surface area contributed by atoms with E-state index >= 15 is 0 Å². The van der Waals surface area contributed by atoms with Gasteiger partial charge in [0.05, 0.1) is 23.0 Å². The number of carbonyl (C=O) groups is 1. The van der Waals surface area contributed by atoms with E-state index in [2.05, 4.69) is 38.1 Å². The number of para-hydroxylation sites is 1. The second kappa shape index (κ2) is 11.9. The molecule has 1 amide bonds. The zero-order chi connectivity index (χ0) is 24.6. The van der Waals surface area contributed by atoms with E-state index in [4.69, 9.17) is 15.5 Å². The fourth-order valence-electron chi connectivity index (χ4n) is 3.79. The maximum absolute atomic E-state index is 11.9. The van der Waals surface area contributed by atoms with Crippen LogP contribution in [0.2, 0.25) is 0 Å². The zero-order valence-electron chi connectivity index (χ0n) is 19.4. The molecule has 1 atom stereocenters. The number of halogens is 1. The highest BCUT2D eigenvalue weighted by Gasteiger charge is 2.29. The second-order valence-electron chi connectivity index (χ2n) is 8.08. The van der Waals surface area contributed by atoms with Gasteiger partial charge >= 0.3 is 0 Å². The van der Waals surface area contributed by atoms with Gasteiger partial charge in [-0.05, 0) is 56.3 Å². The molecule has 9 heteroatoms. The van der Waals surface area contributed by atoms with Gasteiger partial charge in [0.1, 0.15) is 23.6 Å². The third kappa shape index (κ3) is 6.64. The van der Waals surface area contributed by atoms with Crippen molar-refractivity contribution in [1.82, 2.24) is 18.4 Å². The van der Waals surface area contributed by atoms with Gasteiger partial charge in [0.25, 0.3) is 0 Å². The van der Waals surface area contributed by atoms with Crippen LogP contribution in [0, 0.1) is 0 Å². The van der Waals surface area contributed by atoms with Crippen molar-refractivity contribution in [3.05, 3.63) is 89.9 Å². The Morgan fingerprint density at radius 2 is 1.89 bits per heavy atom. The first-order valence-electron chi connectivity index (χ1n) is 11.3. The number of hydrogen-bond donors (Lipinski definition) is 2. The maximum atomic E-state index is 11.9. The number of rotatable bonds is 10. The Bertz CT molecular complexity index is 1210. The number of nitrogen functional groups attached to an aromatic ring is 1. The van der Waals surface area contributed by atoms with Crippen LogP contribution in [0.25, 0.3) is 0 Å². The van der Waals surface area contributed by atoms with Crippen LogP contribution in [-0.2, 0) is 4.79 Å². The van der Waals surface area contributed by atoms with Crippen LogP contribution < -0.4 is 15.8 Å². The molecule has 0 saturated carbocycles. The molecule has 1 aromatic heterocycles. The number of likely N-dealkylation sites (N-methyl/N-ethyl adjacent to an activating group) is 1. The number of fused-ring (bicyclic) bond motifs is 1. The van der Waals surface area contributed by atoms with Gasteiger partial charge in [-0.1, -0.05) is 24.3 Å². The van der Waals surface area contributed by atoms with E-state index in [-0.39, 0.29) is 11.9 Å². The first kappa shape index (κ1) is 24.8. The van der Waals surface area contributed by atoms with Crippen LogP contribution in [0.5, 0.6) is 11.5 Å². The summed E-state index contributed by atoms with van der Waals surface area (Å²) in [5, 5.41) is 2.92. The predicted octanol–water partition coefficient (Wildman–Crippen LogP) is 4.48. The van der Waals surface area contributed by atoms with Gasteiger partial charge in [-0.15, -0.1) is 0 Å². The molecule has 3 N–H and O–H groups in total. The van der Waals surface area contributed by atoms with Crippen LogP contribution in [0.1, 0.15) is 35.7 Å². The van der Waals surface area contributed by atoms with E-state index in [1.165, 1.54) is 6.33 Å². The van der Waals surface area contributed by atoms with Crippen molar-refractivity contribution in [3.63, 3.8) is 0 Å². The first-order valence-corrected chi connectivity index (χ1v) is 12.3. The van der Waals surface area contributed by atoms with Crippen molar-refractivity contribution in [1.29, 1.82) is 0 Å². The minimum atomic E-state index is -0.134. The molecular formula is C26H27IN6O2. The lowest BCUT2D eigenvalue weighted by Gasteiger charge is -2.09.